The Morgan fingerprint density at radius 1 is 1.05 bits per heavy atom. The predicted octanol–water partition coefficient (Wildman–Crippen LogP) is 1.66. The van der Waals surface area contributed by atoms with Crippen LogP contribution in [0.4, 0.5) is 0 Å². The van der Waals surface area contributed by atoms with E-state index in [-0.39, 0.29) is 29.8 Å². The maximum atomic E-state index is 12.3. The van der Waals surface area contributed by atoms with E-state index in [2.05, 4.69) is 10.6 Å². The lowest BCUT2D eigenvalue weighted by Crippen LogP contribution is -2.48. The molecule has 0 heterocycles. The smallest absolute Gasteiger partial charge is 0.357 e. The van der Waals surface area contributed by atoms with Crippen molar-refractivity contribution in [3.8, 4) is 0 Å². The van der Waals surface area contributed by atoms with Gasteiger partial charge in [-0.3, -0.25) is 9.59 Å². The minimum atomic E-state index is -2.37. The highest BCUT2D eigenvalue weighted by Crippen LogP contribution is 2.24. The van der Waals surface area contributed by atoms with Crippen molar-refractivity contribution in [3.63, 3.8) is 0 Å². The molecule has 0 aliphatic carbocycles. The Bertz CT molecular complexity index is 372. The van der Waals surface area contributed by atoms with Crippen molar-refractivity contribution < 1.29 is 19.0 Å². The lowest BCUT2D eigenvalue weighted by molar-refractivity contribution is -0.131. The van der Waals surface area contributed by atoms with Crippen LogP contribution in [0, 0.1) is 17.8 Å². The highest BCUT2D eigenvalue weighted by molar-refractivity contribution is 7.38. The van der Waals surface area contributed by atoms with Gasteiger partial charge in [0.25, 0.3) is 0 Å². The second kappa shape index (κ2) is 9.85. The summed E-state index contributed by atoms with van der Waals surface area (Å²) in [7, 11) is -0.849. The Hall–Kier alpha value is -1.00. The second-order valence-corrected chi connectivity index (χ2v) is 7.24. The van der Waals surface area contributed by atoms with E-state index in [4.69, 9.17) is 4.89 Å². The number of carbonyl (C=O) groups is 2. The molecule has 7 heteroatoms. The van der Waals surface area contributed by atoms with E-state index in [9.17, 15) is 14.2 Å². The molecule has 0 saturated carbocycles. The van der Waals surface area contributed by atoms with Gasteiger partial charge >= 0.3 is 8.03 Å². The van der Waals surface area contributed by atoms with E-state index in [0.717, 1.165) is 0 Å². The number of nitrogens with one attached hydrogen (secondary N) is 2. The number of amides is 2. The molecule has 0 fully saturated rings. The molecule has 0 aliphatic heterocycles. The first-order valence-electron chi connectivity index (χ1n) is 7.32. The molecule has 3 N–H and O–H groups in total. The number of hydrogen-bond acceptors (Lipinski definition) is 3. The quantitative estimate of drug-likeness (QED) is 0.563. The summed E-state index contributed by atoms with van der Waals surface area (Å²) in [5.74, 6) is -0.619. The molecule has 0 bridgehead atoms. The Morgan fingerprint density at radius 2 is 1.57 bits per heavy atom. The highest BCUT2D eigenvalue weighted by atomic mass is 31.1. The largest absolute Gasteiger partial charge is 0.506 e. The zero-order valence-electron chi connectivity index (χ0n) is 13.5. The van der Waals surface area contributed by atoms with Gasteiger partial charge < -0.3 is 10.6 Å². The number of carbonyl (C=O) groups excluding carboxylic acids is 2. The molecule has 0 aromatic rings. The fourth-order valence-electron chi connectivity index (χ4n) is 2.19. The number of likely N-dealkylation sites (N-methyl/N-ethyl adjacent to an activating group) is 1. The lowest BCUT2D eigenvalue weighted by atomic mass is 9.96. The van der Waals surface area contributed by atoms with Gasteiger partial charge in [-0.05, 0) is 29.2 Å². The van der Waals surface area contributed by atoms with Crippen molar-refractivity contribution in [3.05, 3.63) is 0 Å². The molecular formula is C14H28N2O4P+. The standard InChI is InChI=1S/C14H27N2O4P/c1-9(2)6-11(8-21(19)20)13(17)16-12(7-10(3)4)14(18)15-5/h9-12H,6-8H2,1-5H3,(H2-,15,16,17,18,19,20)/p+1/t11-,12+/m1/s1. The number of hydrogen-bond donors (Lipinski definition) is 3. The molecular weight excluding hydrogens is 291 g/mol. The van der Waals surface area contributed by atoms with Gasteiger partial charge in [-0.15, -0.1) is 0 Å². The average molecular weight is 319 g/mol. The van der Waals surface area contributed by atoms with Crippen molar-refractivity contribution in [2.45, 2.75) is 46.6 Å². The van der Waals surface area contributed by atoms with Crippen molar-refractivity contribution in [1.82, 2.24) is 10.6 Å². The maximum absolute atomic E-state index is 12.3. The summed E-state index contributed by atoms with van der Waals surface area (Å²) >= 11 is 0. The van der Waals surface area contributed by atoms with Gasteiger partial charge in [0.2, 0.25) is 11.8 Å². The fraction of sp³-hybridized carbons (Fsp3) is 0.857. The average Bonchev–Trinajstić information content (AvgIpc) is 2.34. The topological polar surface area (TPSA) is 95.5 Å². The third-order valence-electron chi connectivity index (χ3n) is 3.09. The Kier molecular flexibility index (Phi) is 9.38. The summed E-state index contributed by atoms with van der Waals surface area (Å²) in [5, 5.41) is 5.25. The van der Waals surface area contributed by atoms with E-state index in [0.29, 0.717) is 12.8 Å². The fourth-order valence-corrected chi connectivity index (χ4v) is 2.88. The van der Waals surface area contributed by atoms with Gasteiger partial charge in [0.05, 0.1) is 5.92 Å². The zero-order valence-corrected chi connectivity index (χ0v) is 14.4. The summed E-state index contributed by atoms with van der Waals surface area (Å²) in [4.78, 5) is 33.2. The van der Waals surface area contributed by atoms with Gasteiger partial charge in [-0.2, -0.15) is 4.89 Å². The van der Waals surface area contributed by atoms with Crippen LogP contribution in [0.15, 0.2) is 0 Å². The van der Waals surface area contributed by atoms with Crippen LogP contribution in [0.2, 0.25) is 0 Å². The summed E-state index contributed by atoms with van der Waals surface area (Å²) in [6, 6.07) is -0.603. The van der Waals surface area contributed by atoms with Gasteiger partial charge in [-0.1, -0.05) is 27.7 Å². The summed E-state index contributed by atoms with van der Waals surface area (Å²) in [6.07, 6.45) is 0.988. The molecule has 0 saturated heterocycles. The lowest BCUT2D eigenvalue weighted by Gasteiger charge is -2.22. The van der Waals surface area contributed by atoms with Crippen molar-refractivity contribution in [1.29, 1.82) is 0 Å². The third-order valence-corrected chi connectivity index (χ3v) is 3.84. The van der Waals surface area contributed by atoms with Gasteiger partial charge in [0.15, 0.2) is 6.16 Å². The third kappa shape index (κ3) is 8.79. The second-order valence-electron chi connectivity index (χ2n) is 6.17. The first-order chi connectivity index (χ1) is 9.67. The molecule has 6 nitrogen and oxygen atoms in total. The highest BCUT2D eigenvalue weighted by Gasteiger charge is 2.31. The minimum Gasteiger partial charge on any atom is -0.357 e. The van der Waals surface area contributed by atoms with Crippen molar-refractivity contribution in [2.24, 2.45) is 17.8 Å². The van der Waals surface area contributed by atoms with E-state index in [1.807, 2.05) is 27.7 Å². The van der Waals surface area contributed by atoms with Crippen LogP contribution in [0.5, 0.6) is 0 Å². The molecule has 0 rings (SSSR count). The Balaban J connectivity index is 4.87. The monoisotopic (exact) mass is 319 g/mol. The van der Waals surface area contributed by atoms with Crippen LogP contribution < -0.4 is 10.6 Å². The van der Waals surface area contributed by atoms with Crippen LogP contribution in [0.1, 0.15) is 40.5 Å². The summed E-state index contributed by atoms with van der Waals surface area (Å²) in [5.41, 5.74) is 0. The molecule has 0 radical (unpaired) electrons. The molecule has 0 aliphatic rings. The van der Waals surface area contributed by atoms with Gasteiger partial charge in [0.1, 0.15) is 6.04 Å². The SMILES string of the molecule is CNC(=O)[C@H](CC(C)C)NC(=O)[C@H](CC(C)C)C[P+](=O)O. The first kappa shape index (κ1) is 20.0. The maximum Gasteiger partial charge on any atom is 0.506 e. The summed E-state index contributed by atoms with van der Waals surface area (Å²) < 4.78 is 11.0. The van der Waals surface area contributed by atoms with Crippen LogP contribution in [-0.4, -0.2) is 36.0 Å². The van der Waals surface area contributed by atoms with E-state index in [1.54, 1.807) is 0 Å². The van der Waals surface area contributed by atoms with E-state index < -0.39 is 20.0 Å². The molecule has 2 amide bonds. The minimum absolute atomic E-state index is 0.0680. The van der Waals surface area contributed by atoms with E-state index >= 15 is 0 Å². The molecule has 0 aromatic heterocycles. The Labute approximate surface area is 127 Å². The molecule has 0 spiro atoms. The van der Waals surface area contributed by atoms with Gasteiger partial charge in [-0.25, -0.2) is 0 Å². The first-order valence-corrected chi connectivity index (χ1v) is 8.72. The summed E-state index contributed by atoms with van der Waals surface area (Å²) in [6.45, 7) is 7.85. The zero-order chi connectivity index (χ0) is 16.6. The molecule has 3 atom stereocenters. The molecule has 1 unspecified atom stereocenters. The van der Waals surface area contributed by atoms with Crippen molar-refractivity contribution >= 4 is 19.8 Å². The van der Waals surface area contributed by atoms with Crippen LogP contribution in [-0.2, 0) is 14.2 Å². The predicted molar refractivity (Wildman–Crippen MR) is 83.1 cm³/mol. The normalized spacial score (nSPS) is 14.8. The van der Waals surface area contributed by atoms with E-state index in [1.165, 1.54) is 7.05 Å². The Morgan fingerprint density at radius 3 is 1.95 bits per heavy atom. The molecule has 0 aromatic carbocycles. The molecule has 122 valence electrons. The molecule has 21 heavy (non-hydrogen) atoms. The van der Waals surface area contributed by atoms with Crippen molar-refractivity contribution in [2.75, 3.05) is 13.2 Å². The van der Waals surface area contributed by atoms with Crippen LogP contribution in [0.25, 0.3) is 0 Å². The number of rotatable bonds is 9. The van der Waals surface area contributed by atoms with Gasteiger partial charge in [0, 0.05) is 7.05 Å². The van der Waals surface area contributed by atoms with Crippen LogP contribution >= 0.6 is 8.03 Å². The van der Waals surface area contributed by atoms with Crippen LogP contribution in [0.3, 0.4) is 0 Å².